The maximum absolute atomic E-state index is 13.5. The summed E-state index contributed by atoms with van der Waals surface area (Å²) in [6.45, 7) is 1.83. The van der Waals surface area contributed by atoms with Gasteiger partial charge in [-0.25, -0.2) is 9.18 Å². The van der Waals surface area contributed by atoms with Crippen molar-refractivity contribution in [3.63, 3.8) is 0 Å². The second-order valence-corrected chi connectivity index (χ2v) is 4.42. The fraction of sp³-hybridized carbons (Fsp3) is 0.333. The molecule has 6 heteroatoms. The fourth-order valence-electron chi connectivity index (χ4n) is 1.72. The number of ether oxygens (including phenoxy) is 1. The van der Waals surface area contributed by atoms with Gasteiger partial charge in [0, 0.05) is 6.08 Å². The first kappa shape index (κ1) is 16.7. The van der Waals surface area contributed by atoms with Crippen LogP contribution >= 0.6 is 0 Å². The Morgan fingerprint density at radius 3 is 2.71 bits per heavy atom. The van der Waals surface area contributed by atoms with Crippen molar-refractivity contribution in [3.05, 3.63) is 35.7 Å². The molecule has 0 heterocycles. The zero-order valence-electron chi connectivity index (χ0n) is 11.9. The van der Waals surface area contributed by atoms with Gasteiger partial charge in [-0.3, -0.25) is 4.79 Å². The van der Waals surface area contributed by atoms with Crippen LogP contribution in [0.2, 0.25) is 0 Å². The van der Waals surface area contributed by atoms with E-state index in [4.69, 9.17) is 9.84 Å². The van der Waals surface area contributed by atoms with E-state index < -0.39 is 23.7 Å². The first-order chi connectivity index (χ1) is 9.97. The molecule has 0 aliphatic heterocycles. The van der Waals surface area contributed by atoms with Gasteiger partial charge in [0.25, 0.3) is 0 Å². The van der Waals surface area contributed by atoms with E-state index in [-0.39, 0.29) is 5.75 Å². The molecule has 0 fully saturated rings. The lowest BCUT2D eigenvalue weighted by atomic mass is 10.1. The van der Waals surface area contributed by atoms with Crippen molar-refractivity contribution in [2.24, 2.45) is 0 Å². The number of hydrogen-bond donors (Lipinski definition) is 2. The normalized spacial score (nSPS) is 12.1. The molecule has 1 rings (SSSR count). The highest BCUT2D eigenvalue weighted by molar-refractivity contribution is 5.94. The van der Waals surface area contributed by atoms with E-state index in [0.717, 1.165) is 0 Å². The highest BCUT2D eigenvalue weighted by Gasteiger charge is 2.17. The summed E-state index contributed by atoms with van der Waals surface area (Å²) in [6, 6.07) is 3.35. The lowest BCUT2D eigenvalue weighted by Crippen LogP contribution is -2.39. The third-order valence-corrected chi connectivity index (χ3v) is 2.79. The zero-order valence-corrected chi connectivity index (χ0v) is 11.9. The molecule has 1 aromatic rings. The molecule has 0 saturated heterocycles. The largest absolute Gasteiger partial charge is 0.494 e. The Kier molecular flexibility index (Phi) is 6.39. The van der Waals surface area contributed by atoms with Crippen molar-refractivity contribution in [3.8, 4) is 5.75 Å². The number of hydrogen-bond acceptors (Lipinski definition) is 3. The SMILES string of the molecule is CCC[C@@H](NC(=O)/C=C/c1ccc(OC)c(F)c1)C(=O)O. The van der Waals surface area contributed by atoms with Crippen LogP contribution in [-0.4, -0.2) is 30.1 Å². The number of methoxy groups -OCH3 is 1. The van der Waals surface area contributed by atoms with E-state index in [9.17, 15) is 14.0 Å². The molecular formula is C15H18FNO4. The lowest BCUT2D eigenvalue weighted by molar-refractivity contribution is -0.141. The van der Waals surface area contributed by atoms with Gasteiger partial charge in [0.15, 0.2) is 11.6 Å². The molecule has 0 aromatic heterocycles. The molecule has 0 spiro atoms. The van der Waals surface area contributed by atoms with E-state index >= 15 is 0 Å². The van der Waals surface area contributed by atoms with Gasteiger partial charge in [-0.1, -0.05) is 19.4 Å². The molecule has 2 N–H and O–H groups in total. The Labute approximate surface area is 122 Å². The van der Waals surface area contributed by atoms with Crippen LogP contribution in [0.5, 0.6) is 5.75 Å². The number of amides is 1. The van der Waals surface area contributed by atoms with Gasteiger partial charge in [0.05, 0.1) is 7.11 Å². The van der Waals surface area contributed by atoms with E-state index in [2.05, 4.69) is 5.32 Å². The van der Waals surface area contributed by atoms with Crippen LogP contribution in [0.4, 0.5) is 4.39 Å². The van der Waals surface area contributed by atoms with Crippen molar-refractivity contribution in [2.75, 3.05) is 7.11 Å². The summed E-state index contributed by atoms with van der Waals surface area (Å²) >= 11 is 0. The summed E-state index contributed by atoms with van der Waals surface area (Å²) in [5.74, 6) is -2.03. The van der Waals surface area contributed by atoms with Gasteiger partial charge in [-0.2, -0.15) is 0 Å². The summed E-state index contributed by atoms with van der Waals surface area (Å²) < 4.78 is 18.2. The summed E-state index contributed by atoms with van der Waals surface area (Å²) in [6.07, 6.45) is 3.58. The van der Waals surface area contributed by atoms with Gasteiger partial charge in [0.1, 0.15) is 6.04 Å². The predicted molar refractivity (Wildman–Crippen MR) is 76.5 cm³/mol. The van der Waals surface area contributed by atoms with Gasteiger partial charge >= 0.3 is 5.97 Å². The molecule has 1 atom stereocenters. The number of carboxylic acids is 1. The molecule has 0 bridgehead atoms. The van der Waals surface area contributed by atoms with Crippen LogP contribution in [-0.2, 0) is 9.59 Å². The first-order valence-corrected chi connectivity index (χ1v) is 6.52. The minimum atomic E-state index is -1.07. The highest BCUT2D eigenvalue weighted by Crippen LogP contribution is 2.18. The first-order valence-electron chi connectivity index (χ1n) is 6.52. The van der Waals surface area contributed by atoms with Crippen molar-refractivity contribution in [1.29, 1.82) is 0 Å². The molecule has 114 valence electrons. The number of rotatable bonds is 7. The molecule has 0 unspecified atom stereocenters. The molecule has 0 aliphatic carbocycles. The molecule has 21 heavy (non-hydrogen) atoms. The van der Waals surface area contributed by atoms with Gasteiger partial charge in [-0.15, -0.1) is 0 Å². The van der Waals surface area contributed by atoms with E-state index in [0.29, 0.717) is 18.4 Å². The van der Waals surface area contributed by atoms with E-state index in [1.807, 2.05) is 6.92 Å². The van der Waals surface area contributed by atoms with Crippen LogP contribution < -0.4 is 10.1 Å². The van der Waals surface area contributed by atoms with Crippen LogP contribution in [0.3, 0.4) is 0 Å². The van der Waals surface area contributed by atoms with Crippen LogP contribution in [0, 0.1) is 5.82 Å². The Hall–Kier alpha value is -2.37. The van der Waals surface area contributed by atoms with Crippen LogP contribution in [0.1, 0.15) is 25.3 Å². The second kappa shape index (κ2) is 8.04. The Balaban J connectivity index is 2.69. The molecule has 5 nitrogen and oxygen atoms in total. The number of carbonyl (C=O) groups is 2. The fourth-order valence-corrected chi connectivity index (χ4v) is 1.72. The van der Waals surface area contributed by atoms with Gasteiger partial charge in [0.2, 0.25) is 5.91 Å². The quantitative estimate of drug-likeness (QED) is 0.756. The summed E-state index contributed by atoms with van der Waals surface area (Å²) in [5, 5.41) is 11.3. The molecule has 0 radical (unpaired) electrons. The highest BCUT2D eigenvalue weighted by atomic mass is 19.1. The number of carboxylic acid groups (broad SMARTS) is 1. The number of carbonyl (C=O) groups excluding carboxylic acids is 1. The number of benzene rings is 1. The van der Waals surface area contributed by atoms with Crippen LogP contribution in [0.25, 0.3) is 6.08 Å². The standard InChI is InChI=1S/C15H18FNO4/c1-3-4-12(15(19)20)17-14(18)8-6-10-5-7-13(21-2)11(16)9-10/h5-9,12H,3-4H2,1-2H3,(H,17,18)(H,19,20)/b8-6+/t12-/m1/s1. The third kappa shape index (κ3) is 5.25. The molecule has 0 aliphatic rings. The topological polar surface area (TPSA) is 75.6 Å². The van der Waals surface area contributed by atoms with Crippen molar-refractivity contribution in [1.82, 2.24) is 5.32 Å². The van der Waals surface area contributed by atoms with Crippen molar-refractivity contribution < 1.29 is 23.8 Å². The number of halogens is 1. The summed E-state index contributed by atoms with van der Waals surface area (Å²) in [5.41, 5.74) is 0.478. The minimum absolute atomic E-state index is 0.116. The lowest BCUT2D eigenvalue weighted by Gasteiger charge is -2.11. The Morgan fingerprint density at radius 1 is 1.48 bits per heavy atom. The molecular weight excluding hydrogens is 277 g/mol. The van der Waals surface area contributed by atoms with Gasteiger partial charge in [-0.05, 0) is 30.2 Å². The van der Waals surface area contributed by atoms with Crippen LogP contribution in [0.15, 0.2) is 24.3 Å². The number of nitrogens with one attached hydrogen (secondary N) is 1. The maximum Gasteiger partial charge on any atom is 0.326 e. The molecule has 1 amide bonds. The van der Waals surface area contributed by atoms with E-state index in [1.165, 1.54) is 31.4 Å². The summed E-state index contributed by atoms with van der Waals surface area (Å²) in [7, 11) is 1.36. The summed E-state index contributed by atoms with van der Waals surface area (Å²) in [4.78, 5) is 22.5. The Morgan fingerprint density at radius 2 is 2.19 bits per heavy atom. The van der Waals surface area contributed by atoms with Crippen molar-refractivity contribution in [2.45, 2.75) is 25.8 Å². The average molecular weight is 295 g/mol. The maximum atomic E-state index is 13.5. The zero-order chi connectivity index (χ0) is 15.8. The third-order valence-electron chi connectivity index (χ3n) is 2.79. The second-order valence-electron chi connectivity index (χ2n) is 4.42. The van der Waals surface area contributed by atoms with Gasteiger partial charge < -0.3 is 15.2 Å². The molecule has 0 saturated carbocycles. The minimum Gasteiger partial charge on any atom is -0.494 e. The predicted octanol–water partition coefficient (Wildman–Crippen LogP) is 2.22. The average Bonchev–Trinajstić information content (AvgIpc) is 2.44. The van der Waals surface area contributed by atoms with E-state index in [1.54, 1.807) is 6.07 Å². The smallest absolute Gasteiger partial charge is 0.326 e. The molecule has 1 aromatic carbocycles. The Bertz CT molecular complexity index is 542. The van der Waals surface area contributed by atoms with Crippen molar-refractivity contribution >= 4 is 18.0 Å². The number of aliphatic carboxylic acids is 1. The monoisotopic (exact) mass is 295 g/mol.